The Labute approximate surface area is 104 Å². The fraction of sp³-hybridized carbons (Fsp3) is 0.600. The van der Waals surface area contributed by atoms with Gasteiger partial charge in [0.2, 0.25) is 0 Å². The average molecular weight is 254 g/mol. The Kier molecular flexibility index (Phi) is 5.16. The second kappa shape index (κ2) is 6.63. The Hall–Kier alpha value is -2.05. The van der Waals surface area contributed by atoms with Crippen LogP contribution >= 0.6 is 0 Å². The number of hydrogen-bond acceptors (Lipinski definition) is 5. The van der Waals surface area contributed by atoms with E-state index in [-0.39, 0.29) is 26.3 Å². The minimum absolute atomic E-state index is 0.107. The first-order valence-electron chi connectivity index (χ1n) is 5.28. The Balaban J connectivity index is 2.49. The first-order chi connectivity index (χ1) is 8.61. The molecule has 98 valence electrons. The molecule has 0 N–H and O–H groups in total. The molecule has 1 aliphatic heterocycles. The maximum Gasteiger partial charge on any atom is 0.417 e. The number of carbonyl (C=O) groups is 2. The number of rotatable bonds is 5. The summed E-state index contributed by atoms with van der Waals surface area (Å²) in [7, 11) is 1.49. The highest BCUT2D eigenvalue weighted by atomic mass is 16.6. The Morgan fingerprint density at radius 2 is 2.28 bits per heavy atom. The summed E-state index contributed by atoms with van der Waals surface area (Å²) in [4.78, 5) is 26.7. The molecule has 0 aromatic rings. The van der Waals surface area contributed by atoms with E-state index in [0.29, 0.717) is 11.1 Å². The standard InChI is InChI=1S/C10H14N4O4/c1-7(5-12-13-11)8-6-14(9(8)15)10(16)18-4-3-17-2/h3-6H2,1-2H3/b8-7-. The molecule has 1 rings (SSSR count). The summed E-state index contributed by atoms with van der Waals surface area (Å²) in [5.41, 5.74) is 9.33. The topological polar surface area (TPSA) is 105 Å². The predicted octanol–water partition coefficient (Wildman–Crippen LogP) is 1.24. The molecule has 0 aliphatic carbocycles. The van der Waals surface area contributed by atoms with Crippen LogP contribution in [-0.4, -0.2) is 50.3 Å². The van der Waals surface area contributed by atoms with Gasteiger partial charge in [-0.1, -0.05) is 10.7 Å². The van der Waals surface area contributed by atoms with E-state index in [1.54, 1.807) is 6.92 Å². The molecular formula is C10H14N4O4. The Morgan fingerprint density at radius 3 is 2.83 bits per heavy atom. The third kappa shape index (κ3) is 3.22. The van der Waals surface area contributed by atoms with E-state index in [2.05, 4.69) is 10.0 Å². The third-order valence-electron chi connectivity index (χ3n) is 2.44. The molecule has 0 atom stereocenters. The second-order valence-corrected chi connectivity index (χ2v) is 3.65. The van der Waals surface area contributed by atoms with E-state index in [1.807, 2.05) is 0 Å². The fourth-order valence-corrected chi connectivity index (χ4v) is 1.36. The molecule has 8 nitrogen and oxygen atoms in total. The maximum absolute atomic E-state index is 11.6. The summed E-state index contributed by atoms with van der Waals surface area (Å²) < 4.78 is 9.52. The molecule has 8 heteroatoms. The first kappa shape index (κ1) is 14.0. The van der Waals surface area contributed by atoms with Crippen molar-refractivity contribution >= 4 is 12.0 Å². The summed E-state index contributed by atoms with van der Waals surface area (Å²) in [5.74, 6) is -0.400. The van der Waals surface area contributed by atoms with Gasteiger partial charge in [0, 0.05) is 24.1 Å². The molecule has 18 heavy (non-hydrogen) atoms. The van der Waals surface area contributed by atoms with Gasteiger partial charge in [-0.3, -0.25) is 4.79 Å². The van der Waals surface area contributed by atoms with Gasteiger partial charge in [-0.25, -0.2) is 9.69 Å². The van der Waals surface area contributed by atoms with Crippen LogP contribution in [-0.2, 0) is 14.3 Å². The van der Waals surface area contributed by atoms with E-state index < -0.39 is 12.0 Å². The highest BCUT2D eigenvalue weighted by Gasteiger charge is 2.37. The van der Waals surface area contributed by atoms with Crippen molar-refractivity contribution in [1.82, 2.24) is 4.90 Å². The molecule has 1 saturated heterocycles. The molecule has 0 aromatic heterocycles. The Bertz CT molecular complexity index is 426. The number of ether oxygens (including phenoxy) is 2. The summed E-state index contributed by atoms with van der Waals surface area (Å²) in [5, 5.41) is 3.36. The Morgan fingerprint density at radius 1 is 1.56 bits per heavy atom. The highest BCUT2D eigenvalue weighted by molar-refractivity contribution is 6.09. The first-order valence-corrected chi connectivity index (χ1v) is 5.28. The van der Waals surface area contributed by atoms with Crippen LogP contribution < -0.4 is 0 Å². The van der Waals surface area contributed by atoms with Crippen molar-refractivity contribution in [1.29, 1.82) is 0 Å². The van der Waals surface area contributed by atoms with Crippen LogP contribution in [0.1, 0.15) is 6.92 Å². The zero-order chi connectivity index (χ0) is 13.5. The monoisotopic (exact) mass is 254 g/mol. The summed E-state index contributed by atoms with van der Waals surface area (Å²) in [6.45, 7) is 2.40. The van der Waals surface area contributed by atoms with Crippen LogP contribution in [0.2, 0.25) is 0 Å². The highest BCUT2D eigenvalue weighted by Crippen LogP contribution is 2.21. The van der Waals surface area contributed by atoms with Gasteiger partial charge < -0.3 is 9.47 Å². The van der Waals surface area contributed by atoms with Crippen LogP contribution in [0, 0.1) is 0 Å². The van der Waals surface area contributed by atoms with E-state index in [9.17, 15) is 9.59 Å². The number of hydrogen-bond donors (Lipinski definition) is 0. The van der Waals surface area contributed by atoms with E-state index in [1.165, 1.54) is 7.11 Å². The fourth-order valence-electron chi connectivity index (χ4n) is 1.36. The number of β-lactam (4-membered cyclic amide) rings is 1. The smallest absolute Gasteiger partial charge is 0.417 e. The van der Waals surface area contributed by atoms with E-state index in [0.717, 1.165) is 4.90 Å². The van der Waals surface area contributed by atoms with Crippen LogP contribution in [0.15, 0.2) is 16.3 Å². The number of amides is 2. The molecule has 0 radical (unpaired) electrons. The molecule has 1 aliphatic rings. The van der Waals surface area contributed by atoms with Gasteiger partial charge in [-0.2, -0.15) is 0 Å². The molecule has 0 bridgehead atoms. The number of likely N-dealkylation sites (tertiary alicyclic amines) is 1. The van der Waals surface area contributed by atoms with Crippen molar-refractivity contribution in [3.8, 4) is 0 Å². The normalized spacial score (nSPS) is 16.8. The number of imide groups is 1. The van der Waals surface area contributed by atoms with Crippen molar-refractivity contribution in [3.05, 3.63) is 21.6 Å². The summed E-state index contributed by atoms with van der Waals surface area (Å²) >= 11 is 0. The second-order valence-electron chi connectivity index (χ2n) is 3.65. The third-order valence-corrected chi connectivity index (χ3v) is 2.44. The van der Waals surface area contributed by atoms with Gasteiger partial charge in [0.15, 0.2) is 0 Å². The zero-order valence-corrected chi connectivity index (χ0v) is 10.3. The van der Waals surface area contributed by atoms with Gasteiger partial charge in [-0.05, 0) is 12.5 Å². The number of azide groups is 1. The lowest BCUT2D eigenvalue weighted by Gasteiger charge is -2.31. The molecular weight excluding hydrogens is 240 g/mol. The van der Waals surface area contributed by atoms with Crippen LogP contribution in [0.25, 0.3) is 10.4 Å². The average Bonchev–Trinajstić information content (AvgIpc) is 2.35. The van der Waals surface area contributed by atoms with Crippen molar-refractivity contribution in [2.24, 2.45) is 5.11 Å². The SMILES string of the molecule is COCCOC(=O)N1C/C(=C(\C)CN=[N+]=[N-])C1=O. The lowest BCUT2D eigenvalue weighted by atomic mass is 10.0. The number of methoxy groups -OCH3 is 1. The van der Waals surface area contributed by atoms with Crippen LogP contribution in [0.4, 0.5) is 4.79 Å². The molecule has 1 fully saturated rings. The zero-order valence-electron chi connectivity index (χ0n) is 10.3. The van der Waals surface area contributed by atoms with Gasteiger partial charge in [0.1, 0.15) is 6.61 Å². The van der Waals surface area contributed by atoms with Gasteiger partial charge >= 0.3 is 6.09 Å². The van der Waals surface area contributed by atoms with Crippen molar-refractivity contribution in [3.63, 3.8) is 0 Å². The van der Waals surface area contributed by atoms with Crippen molar-refractivity contribution in [2.75, 3.05) is 33.4 Å². The maximum atomic E-state index is 11.6. The summed E-state index contributed by atoms with van der Waals surface area (Å²) in [6.07, 6.45) is -0.683. The minimum atomic E-state index is -0.683. The van der Waals surface area contributed by atoms with Gasteiger partial charge in [0.05, 0.1) is 13.2 Å². The summed E-state index contributed by atoms with van der Waals surface area (Å²) in [6, 6.07) is 0. The molecule has 0 unspecified atom stereocenters. The van der Waals surface area contributed by atoms with E-state index >= 15 is 0 Å². The van der Waals surface area contributed by atoms with Crippen molar-refractivity contribution in [2.45, 2.75) is 6.92 Å². The number of nitrogens with zero attached hydrogens (tertiary/aromatic N) is 4. The lowest BCUT2D eigenvalue weighted by molar-refractivity contribution is -0.130. The van der Waals surface area contributed by atoms with Crippen molar-refractivity contribution < 1.29 is 19.1 Å². The van der Waals surface area contributed by atoms with E-state index in [4.69, 9.17) is 15.0 Å². The molecule has 0 spiro atoms. The number of carbonyl (C=O) groups excluding carboxylic acids is 2. The molecule has 0 aromatic carbocycles. The van der Waals surface area contributed by atoms with Crippen LogP contribution in [0.3, 0.4) is 0 Å². The minimum Gasteiger partial charge on any atom is -0.447 e. The molecule has 1 heterocycles. The quantitative estimate of drug-likeness (QED) is 0.184. The lowest BCUT2D eigenvalue weighted by Crippen LogP contribution is -2.50. The molecule has 0 saturated carbocycles. The van der Waals surface area contributed by atoms with Gasteiger partial charge in [-0.15, -0.1) is 0 Å². The predicted molar refractivity (Wildman–Crippen MR) is 61.7 cm³/mol. The van der Waals surface area contributed by atoms with Crippen LogP contribution in [0.5, 0.6) is 0 Å². The molecule has 2 amide bonds. The largest absolute Gasteiger partial charge is 0.447 e. The van der Waals surface area contributed by atoms with Gasteiger partial charge in [0.25, 0.3) is 5.91 Å².